The van der Waals surface area contributed by atoms with Crippen LogP contribution < -0.4 is 0 Å². The molecule has 0 radical (unpaired) electrons. The minimum absolute atomic E-state index is 0.248. The highest BCUT2D eigenvalue weighted by atomic mass is 16.7. The molecule has 3 heteroatoms. The van der Waals surface area contributed by atoms with Gasteiger partial charge < -0.3 is 14.4 Å². The Hall–Kier alpha value is -0.120. The van der Waals surface area contributed by atoms with Crippen molar-refractivity contribution in [1.29, 1.82) is 0 Å². The zero-order valence-electron chi connectivity index (χ0n) is 10.6. The van der Waals surface area contributed by atoms with E-state index < -0.39 is 0 Å². The van der Waals surface area contributed by atoms with Crippen molar-refractivity contribution in [3.63, 3.8) is 0 Å². The second-order valence-corrected chi connectivity index (χ2v) is 4.75. The van der Waals surface area contributed by atoms with E-state index in [0.29, 0.717) is 0 Å². The van der Waals surface area contributed by atoms with E-state index in [1.165, 1.54) is 12.8 Å². The Morgan fingerprint density at radius 2 is 1.80 bits per heavy atom. The minimum atomic E-state index is -0.380. The molecule has 1 heterocycles. The molecule has 1 atom stereocenters. The number of nitrogens with zero attached hydrogens (tertiary/aromatic N) is 1. The van der Waals surface area contributed by atoms with Gasteiger partial charge in [0.2, 0.25) is 0 Å². The summed E-state index contributed by atoms with van der Waals surface area (Å²) in [5, 5.41) is 0. The largest absolute Gasteiger partial charge is 0.348 e. The van der Waals surface area contributed by atoms with Gasteiger partial charge in [0.05, 0.1) is 12.7 Å². The zero-order valence-corrected chi connectivity index (χ0v) is 10.6. The molecule has 1 fully saturated rings. The summed E-state index contributed by atoms with van der Waals surface area (Å²) in [5.74, 6) is -0.380. The quantitative estimate of drug-likeness (QED) is 0.678. The molecule has 1 rings (SSSR count). The van der Waals surface area contributed by atoms with Crippen LogP contribution in [0.25, 0.3) is 0 Å². The highest BCUT2D eigenvalue weighted by molar-refractivity contribution is 4.74. The highest BCUT2D eigenvalue weighted by Gasteiger charge is 2.33. The Bertz CT molecular complexity index is 176. The summed E-state index contributed by atoms with van der Waals surface area (Å²) in [4.78, 5) is 2.47. The summed E-state index contributed by atoms with van der Waals surface area (Å²) in [5.41, 5.74) is 0. The zero-order chi connectivity index (χ0) is 11.3. The van der Waals surface area contributed by atoms with Crippen molar-refractivity contribution in [2.24, 2.45) is 0 Å². The minimum Gasteiger partial charge on any atom is -0.348 e. The third-order valence-corrected chi connectivity index (χ3v) is 2.61. The van der Waals surface area contributed by atoms with Gasteiger partial charge in [-0.2, -0.15) is 0 Å². The van der Waals surface area contributed by atoms with Crippen molar-refractivity contribution in [2.75, 3.05) is 26.2 Å². The lowest BCUT2D eigenvalue weighted by atomic mass is 10.3. The maximum atomic E-state index is 5.81. The summed E-state index contributed by atoms with van der Waals surface area (Å²) in [6.45, 7) is 12.5. The van der Waals surface area contributed by atoms with Gasteiger partial charge in [-0.15, -0.1) is 0 Å². The maximum absolute atomic E-state index is 5.81. The van der Waals surface area contributed by atoms with Crippen LogP contribution >= 0.6 is 0 Å². The van der Waals surface area contributed by atoms with Gasteiger partial charge in [-0.1, -0.05) is 13.8 Å². The molecule has 3 nitrogen and oxygen atoms in total. The van der Waals surface area contributed by atoms with E-state index in [1.807, 2.05) is 13.8 Å². The van der Waals surface area contributed by atoms with Crippen molar-refractivity contribution in [3.05, 3.63) is 0 Å². The summed E-state index contributed by atoms with van der Waals surface area (Å²) in [6.07, 6.45) is 2.66. The fourth-order valence-electron chi connectivity index (χ4n) is 2.07. The van der Waals surface area contributed by atoms with Crippen LogP contribution in [-0.4, -0.2) is 43.0 Å². The van der Waals surface area contributed by atoms with Crippen LogP contribution in [0.3, 0.4) is 0 Å². The monoisotopic (exact) mass is 215 g/mol. The first-order valence-electron chi connectivity index (χ1n) is 6.11. The summed E-state index contributed by atoms with van der Waals surface area (Å²) in [7, 11) is 0. The van der Waals surface area contributed by atoms with E-state index in [-0.39, 0.29) is 11.9 Å². The normalized spacial score (nSPS) is 25.0. The standard InChI is InChI=1S/C12H25NO2/c1-5-7-13(8-6-2)9-11-10-14-12(3,4)15-11/h11H,5-10H2,1-4H3. The molecule has 0 spiro atoms. The fourth-order valence-corrected chi connectivity index (χ4v) is 2.07. The van der Waals surface area contributed by atoms with E-state index in [0.717, 1.165) is 26.2 Å². The van der Waals surface area contributed by atoms with E-state index in [2.05, 4.69) is 18.7 Å². The predicted molar refractivity (Wildman–Crippen MR) is 61.9 cm³/mol. The lowest BCUT2D eigenvalue weighted by Crippen LogP contribution is -2.35. The highest BCUT2D eigenvalue weighted by Crippen LogP contribution is 2.22. The first-order valence-corrected chi connectivity index (χ1v) is 6.11. The van der Waals surface area contributed by atoms with E-state index in [1.54, 1.807) is 0 Å². The second kappa shape index (κ2) is 5.83. The third kappa shape index (κ3) is 4.49. The van der Waals surface area contributed by atoms with Gasteiger partial charge in [0.15, 0.2) is 5.79 Å². The van der Waals surface area contributed by atoms with Crippen LogP contribution in [0.4, 0.5) is 0 Å². The molecule has 0 N–H and O–H groups in total. The molecular weight excluding hydrogens is 190 g/mol. The Morgan fingerprint density at radius 3 is 2.20 bits per heavy atom. The Balaban J connectivity index is 2.32. The van der Waals surface area contributed by atoms with Gasteiger partial charge in [-0.3, -0.25) is 0 Å². The second-order valence-electron chi connectivity index (χ2n) is 4.75. The number of rotatable bonds is 6. The van der Waals surface area contributed by atoms with Crippen LogP contribution in [0.2, 0.25) is 0 Å². The molecule has 1 saturated heterocycles. The Morgan fingerprint density at radius 1 is 1.20 bits per heavy atom. The van der Waals surface area contributed by atoms with Crippen molar-refractivity contribution in [2.45, 2.75) is 52.4 Å². The smallest absolute Gasteiger partial charge is 0.163 e. The average molecular weight is 215 g/mol. The van der Waals surface area contributed by atoms with Gasteiger partial charge in [0.1, 0.15) is 0 Å². The molecule has 0 saturated carbocycles. The van der Waals surface area contributed by atoms with Gasteiger partial charge in [-0.05, 0) is 39.8 Å². The van der Waals surface area contributed by atoms with Gasteiger partial charge in [0, 0.05) is 6.54 Å². The molecule has 15 heavy (non-hydrogen) atoms. The van der Waals surface area contributed by atoms with Crippen molar-refractivity contribution in [1.82, 2.24) is 4.90 Å². The molecular formula is C12H25NO2. The molecule has 1 aliphatic rings. The van der Waals surface area contributed by atoms with Crippen LogP contribution in [0.1, 0.15) is 40.5 Å². The van der Waals surface area contributed by atoms with Gasteiger partial charge >= 0.3 is 0 Å². The summed E-state index contributed by atoms with van der Waals surface area (Å²) >= 11 is 0. The van der Waals surface area contributed by atoms with Gasteiger partial charge in [0.25, 0.3) is 0 Å². The van der Waals surface area contributed by atoms with Crippen molar-refractivity contribution < 1.29 is 9.47 Å². The van der Waals surface area contributed by atoms with Crippen LogP contribution in [0, 0.1) is 0 Å². The van der Waals surface area contributed by atoms with Crippen molar-refractivity contribution >= 4 is 0 Å². The average Bonchev–Trinajstić information content (AvgIpc) is 2.46. The Kier molecular flexibility index (Phi) is 5.03. The first-order chi connectivity index (χ1) is 7.07. The topological polar surface area (TPSA) is 21.7 Å². The van der Waals surface area contributed by atoms with Crippen molar-refractivity contribution in [3.8, 4) is 0 Å². The summed E-state index contributed by atoms with van der Waals surface area (Å²) in [6, 6.07) is 0. The first kappa shape index (κ1) is 12.9. The molecule has 0 bridgehead atoms. The Labute approximate surface area is 93.7 Å². The van der Waals surface area contributed by atoms with Crippen LogP contribution in [0.5, 0.6) is 0 Å². The number of hydrogen-bond donors (Lipinski definition) is 0. The molecule has 1 aliphatic heterocycles. The molecule has 0 aromatic carbocycles. The molecule has 0 amide bonds. The van der Waals surface area contributed by atoms with E-state index in [4.69, 9.17) is 9.47 Å². The lowest BCUT2D eigenvalue weighted by Gasteiger charge is -2.24. The van der Waals surface area contributed by atoms with Gasteiger partial charge in [-0.25, -0.2) is 0 Å². The van der Waals surface area contributed by atoms with Crippen LogP contribution in [0.15, 0.2) is 0 Å². The molecule has 0 aromatic rings. The molecule has 90 valence electrons. The van der Waals surface area contributed by atoms with E-state index in [9.17, 15) is 0 Å². The number of ether oxygens (including phenoxy) is 2. The summed E-state index contributed by atoms with van der Waals surface area (Å²) < 4.78 is 11.4. The third-order valence-electron chi connectivity index (χ3n) is 2.61. The van der Waals surface area contributed by atoms with Crippen LogP contribution in [-0.2, 0) is 9.47 Å². The molecule has 1 unspecified atom stereocenters. The SMILES string of the molecule is CCCN(CCC)CC1COC(C)(C)O1. The lowest BCUT2D eigenvalue weighted by molar-refractivity contribution is -0.140. The van der Waals surface area contributed by atoms with E-state index >= 15 is 0 Å². The predicted octanol–water partition coefficient (Wildman–Crippen LogP) is 2.26. The molecule has 0 aliphatic carbocycles. The number of hydrogen-bond acceptors (Lipinski definition) is 3. The fraction of sp³-hybridized carbons (Fsp3) is 1.00. The maximum Gasteiger partial charge on any atom is 0.163 e. The molecule has 0 aromatic heterocycles.